The van der Waals surface area contributed by atoms with Crippen LogP contribution in [0.3, 0.4) is 0 Å². The number of carbonyl (C=O) groups excluding carboxylic acids is 2. The summed E-state index contributed by atoms with van der Waals surface area (Å²) in [6, 6.07) is 13.0. The Labute approximate surface area is 120 Å². The van der Waals surface area contributed by atoms with Crippen LogP contribution < -0.4 is 11.5 Å². The van der Waals surface area contributed by atoms with Gasteiger partial charge in [-0.1, -0.05) is 24.3 Å². The van der Waals surface area contributed by atoms with Crippen molar-refractivity contribution in [2.45, 2.75) is 5.66 Å². The lowest BCUT2D eigenvalue weighted by Gasteiger charge is -2.23. The lowest BCUT2D eigenvalue weighted by atomic mass is 9.92. The molecular weight excluding hydrogens is 268 g/mol. The first-order valence-electron chi connectivity index (χ1n) is 6.02. The summed E-state index contributed by atoms with van der Waals surface area (Å²) in [7, 11) is 0. The number of aliphatic imine (C=N–C) groups is 2. The first-order chi connectivity index (χ1) is 10.1. The van der Waals surface area contributed by atoms with Crippen LogP contribution in [0.15, 0.2) is 58.5 Å². The van der Waals surface area contributed by atoms with E-state index in [2.05, 4.69) is 9.98 Å². The van der Waals surface area contributed by atoms with E-state index in [0.29, 0.717) is 22.5 Å². The van der Waals surface area contributed by atoms with Crippen molar-refractivity contribution in [1.82, 2.24) is 0 Å². The Hall–Kier alpha value is -3.20. The Bertz CT molecular complexity index is 660. The van der Waals surface area contributed by atoms with Crippen molar-refractivity contribution in [2.75, 3.05) is 11.5 Å². The molecule has 2 aromatic rings. The summed E-state index contributed by atoms with van der Waals surface area (Å²) in [5.41, 5.74) is 11.8. The first kappa shape index (κ1) is 14.2. The highest BCUT2D eigenvalue weighted by molar-refractivity contribution is 5.53. The zero-order valence-electron chi connectivity index (χ0n) is 11.0. The van der Waals surface area contributed by atoms with Gasteiger partial charge in [0.1, 0.15) is 0 Å². The van der Waals surface area contributed by atoms with E-state index in [9.17, 15) is 9.59 Å². The number of nitrogens with zero attached hydrogens (tertiary/aromatic N) is 2. The van der Waals surface area contributed by atoms with Crippen molar-refractivity contribution in [3.63, 3.8) is 0 Å². The van der Waals surface area contributed by atoms with Gasteiger partial charge in [0.15, 0.2) is 0 Å². The van der Waals surface area contributed by atoms with Crippen molar-refractivity contribution in [1.29, 1.82) is 0 Å². The minimum Gasteiger partial charge on any atom is -0.399 e. The van der Waals surface area contributed by atoms with E-state index in [1.165, 1.54) is 12.2 Å². The molecule has 6 nitrogen and oxygen atoms in total. The second kappa shape index (κ2) is 5.84. The Morgan fingerprint density at radius 3 is 1.33 bits per heavy atom. The molecule has 0 saturated heterocycles. The fourth-order valence-corrected chi connectivity index (χ4v) is 2.01. The number of rotatable bonds is 4. The van der Waals surface area contributed by atoms with Gasteiger partial charge in [0, 0.05) is 22.5 Å². The predicted molar refractivity (Wildman–Crippen MR) is 78.7 cm³/mol. The Balaban J connectivity index is 2.74. The zero-order valence-corrected chi connectivity index (χ0v) is 11.0. The lowest BCUT2D eigenvalue weighted by Crippen LogP contribution is -2.22. The maximum absolute atomic E-state index is 10.8. The van der Waals surface area contributed by atoms with Crippen molar-refractivity contribution >= 4 is 23.5 Å². The minimum absolute atomic E-state index is 0.494. The van der Waals surface area contributed by atoms with Crippen LogP contribution in [0.25, 0.3) is 0 Å². The van der Waals surface area contributed by atoms with E-state index in [1.807, 2.05) is 0 Å². The topological polar surface area (TPSA) is 111 Å². The van der Waals surface area contributed by atoms with Crippen LogP contribution in [-0.2, 0) is 15.3 Å². The maximum Gasteiger partial charge on any atom is 0.238 e. The van der Waals surface area contributed by atoms with Crippen LogP contribution in [0, 0.1) is 0 Å². The molecule has 0 fully saturated rings. The molecule has 0 saturated carbocycles. The SMILES string of the molecule is Nc1ccc(C(N=C=O)(N=C=O)c2ccc(N)cc2)cc1. The average molecular weight is 280 g/mol. The number of hydrogen-bond acceptors (Lipinski definition) is 6. The Morgan fingerprint density at radius 2 is 1.05 bits per heavy atom. The highest BCUT2D eigenvalue weighted by Gasteiger charge is 2.34. The molecule has 0 atom stereocenters. The molecule has 2 rings (SSSR count). The summed E-state index contributed by atoms with van der Waals surface area (Å²) in [5.74, 6) is 0. The summed E-state index contributed by atoms with van der Waals surface area (Å²) in [6.07, 6.45) is 2.92. The number of isocyanates is 2. The fourth-order valence-electron chi connectivity index (χ4n) is 2.01. The second-order valence-corrected chi connectivity index (χ2v) is 4.32. The molecule has 6 heteroatoms. The van der Waals surface area contributed by atoms with Crippen molar-refractivity contribution < 1.29 is 9.59 Å². The summed E-state index contributed by atoms with van der Waals surface area (Å²) in [6.45, 7) is 0. The largest absolute Gasteiger partial charge is 0.399 e. The molecule has 0 aliphatic heterocycles. The average Bonchev–Trinajstić information content (AvgIpc) is 2.48. The van der Waals surface area contributed by atoms with E-state index in [1.54, 1.807) is 48.5 Å². The molecule has 2 aromatic carbocycles. The monoisotopic (exact) mass is 280 g/mol. The van der Waals surface area contributed by atoms with E-state index < -0.39 is 5.66 Å². The number of anilines is 2. The van der Waals surface area contributed by atoms with Gasteiger partial charge in [-0.05, 0) is 24.3 Å². The van der Waals surface area contributed by atoms with Crippen molar-refractivity contribution in [3.05, 3.63) is 59.7 Å². The van der Waals surface area contributed by atoms with Gasteiger partial charge in [0.2, 0.25) is 17.8 Å². The van der Waals surface area contributed by atoms with E-state index in [-0.39, 0.29) is 0 Å². The third-order valence-corrected chi connectivity index (χ3v) is 3.04. The van der Waals surface area contributed by atoms with Gasteiger partial charge in [-0.3, -0.25) is 0 Å². The number of nitrogen functional groups attached to an aromatic ring is 2. The quantitative estimate of drug-likeness (QED) is 0.504. The van der Waals surface area contributed by atoms with Gasteiger partial charge in [0.25, 0.3) is 0 Å². The zero-order chi connectivity index (χ0) is 15.3. The Kier molecular flexibility index (Phi) is 3.95. The Morgan fingerprint density at radius 1 is 0.714 bits per heavy atom. The first-order valence-corrected chi connectivity index (χ1v) is 6.02. The van der Waals surface area contributed by atoms with Crippen LogP contribution >= 0.6 is 0 Å². The molecular formula is C15H12N4O2. The van der Waals surface area contributed by atoms with Crippen LogP contribution in [0.5, 0.6) is 0 Å². The van der Waals surface area contributed by atoms with Crippen LogP contribution in [0.4, 0.5) is 11.4 Å². The minimum atomic E-state index is -1.54. The summed E-state index contributed by atoms with van der Waals surface area (Å²) in [5, 5.41) is 0. The molecule has 0 unspecified atom stereocenters. The molecule has 0 bridgehead atoms. The van der Waals surface area contributed by atoms with Crippen LogP contribution in [0.2, 0.25) is 0 Å². The van der Waals surface area contributed by atoms with Crippen LogP contribution in [-0.4, -0.2) is 12.2 Å². The van der Waals surface area contributed by atoms with E-state index >= 15 is 0 Å². The molecule has 104 valence electrons. The van der Waals surface area contributed by atoms with Gasteiger partial charge in [0.05, 0.1) is 0 Å². The molecule has 0 aliphatic carbocycles. The lowest BCUT2D eigenvalue weighted by molar-refractivity contribution is 0.516. The second-order valence-electron chi connectivity index (χ2n) is 4.32. The number of benzene rings is 2. The highest BCUT2D eigenvalue weighted by Crippen LogP contribution is 2.35. The fraction of sp³-hybridized carbons (Fsp3) is 0.0667. The van der Waals surface area contributed by atoms with E-state index in [4.69, 9.17) is 11.5 Å². The summed E-state index contributed by atoms with van der Waals surface area (Å²) >= 11 is 0. The van der Waals surface area contributed by atoms with Gasteiger partial charge >= 0.3 is 0 Å². The maximum atomic E-state index is 10.8. The normalized spacial score (nSPS) is 10.3. The molecule has 0 aliphatic rings. The molecule has 21 heavy (non-hydrogen) atoms. The molecule has 0 radical (unpaired) electrons. The van der Waals surface area contributed by atoms with Gasteiger partial charge in [-0.25, -0.2) is 9.59 Å². The van der Waals surface area contributed by atoms with Gasteiger partial charge in [-0.2, -0.15) is 9.98 Å². The smallest absolute Gasteiger partial charge is 0.238 e. The number of nitrogens with two attached hydrogens (primary N) is 2. The molecule has 4 N–H and O–H groups in total. The van der Waals surface area contributed by atoms with Crippen molar-refractivity contribution in [3.8, 4) is 0 Å². The standard InChI is InChI=1S/C15H12N4O2/c16-13-5-1-11(2-6-13)15(18-9-20,19-10-21)12-3-7-14(17)8-4-12/h1-8H,16-17H2. The number of hydrogen-bond donors (Lipinski definition) is 2. The molecule has 0 spiro atoms. The predicted octanol–water partition coefficient (Wildman–Crippen LogP) is 1.72. The van der Waals surface area contributed by atoms with Gasteiger partial charge in [-0.15, -0.1) is 0 Å². The third-order valence-electron chi connectivity index (χ3n) is 3.04. The molecule has 0 amide bonds. The van der Waals surface area contributed by atoms with Crippen LogP contribution in [0.1, 0.15) is 11.1 Å². The van der Waals surface area contributed by atoms with E-state index in [0.717, 1.165) is 0 Å². The summed E-state index contributed by atoms with van der Waals surface area (Å²) in [4.78, 5) is 29.1. The van der Waals surface area contributed by atoms with Crippen molar-refractivity contribution in [2.24, 2.45) is 9.98 Å². The summed E-state index contributed by atoms with van der Waals surface area (Å²) < 4.78 is 0. The third kappa shape index (κ3) is 2.72. The highest BCUT2D eigenvalue weighted by atomic mass is 16.1. The molecule has 0 aromatic heterocycles. The molecule has 0 heterocycles. The van der Waals surface area contributed by atoms with Gasteiger partial charge < -0.3 is 11.5 Å².